The molecule has 1 aromatic carbocycles. The molecular weight excluding hydrogens is 360 g/mol. The molecule has 0 unspecified atom stereocenters. The minimum absolute atomic E-state index is 0.0250. The van der Waals surface area contributed by atoms with Gasteiger partial charge in [-0.15, -0.1) is 11.3 Å². The van der Waals surface area contributed by atoms with E-state index in [9.17, 15) is 9.59 Å². The maximum absolute atomic E-state index is 12.5. The summed E-state index contributed by atoms with van der Waals surface area (Å²) in [6.45, 7) is 5.63. The highest BCUT2D eigenvalue weighted by Crippen LogP contribution is 2.24. The highest BCUT2D eigenvalue weighted by Gasteiger charge is 2.23. The lowest BCUT2D eigenvalue weighted by Gasteiger charge is -2.31. The second-order valence-electron chi connectivity index (χ2n) is 7.27. The number of aryl methyl sites for hydroxylation is 1. The van der Waals surface area contributed by atoms with Gasteiger partial charge in [-0.3, -0.25) is 9.59 Å². The highest BCUT2D eigenvalue weighted by atomic mass is 32.1. The molecule has 0 atom stereocenters. The number of benzene rings is 1. The topological polar surface area (TPSA) is 58.0 Å². The molecule has 0 radical (unpaired) electrons. The van der Waals surface area contributed by atoms with Crippen LogP contribution in [0.4, 0.5) is 0 Å². The Labute approximate surface area is 164 Å². The van der Waals surface area contributed by atoms with Crippen LogP contribution < -0.4 is 4.90 Å². The summed E-state index contributed by atoms with van der Waals surface area (Å²) in [4.78, 5) is 34.3. The van der Waals surface area contributed by atoms with Gasteiger partial charge in [0.15, 0.2) is 0 Å². The summed E-state index contributed by atoms with van der Waals surface area (Å²) in [5, 5.41) is 2.84. The third kappa shape index (κ3) is 5.14. The third-order valence-electron chi connectivity index (χ3n) is 4.95. The minimum Gasteiger partial charge on any atom is -0.336 e. The average molecular weight is 388 g/mol. The summed E-state index contributed by atoms with van der Waals surface area (Å²) in [6, 6.07) is 8.20. The lowest BCUT2D eigenvalue weighted by molar-refractivity contribution is -0.883. The summed E-state index contributed by atoms with van der Waals surface area (Å²) < 4.78 is 0. The molecule has 1 N–H and O–H groups in total. The van der Waals surface area contributed by atoms with Crippen molar-refractivity contribution >= 4 is 23.2 Å². The van der Waals surface area contributed by atoms with Gasteiger partial charge in [-0.1, -0.05) is 29.8 Å². The Bertz CT molecular complexity index is 795. The number of quaternary nitrogens is 1. The largest absolute Gasteiger partial charge is 0.336 e. The number of rotatable bonds is 5. The van der Waals surface area contributed by atoms with Gasteiger partial charge in [-0.2, -0.15) is 0 Å². The number of nitrogens with zero attached hydrogens (tertiary/aromatic N) is 3. The number of likely N-dealkylation sites (N-methyl/N-ethyl adjacent to an activating group) is 2. The number of carbonyl (C=O) groups is 2. The van der Waals surface area contributed by atoms with Gasteiger partial charge in [-0.05, 0) is 6.92 Å². The lowest BCUT2D eigenvalue weighted by atomic mass is 10.2. The molecule has 7 heteroatoms. The van der Waals surface area contributed by atoms with Crippen molar-refractivity contribution in [3.8, 4) is 10.6 Å². The number of piperazine rings is 1. The summed E-state index contributed by atoms with van der Waals surface area (Å²) >= 11 is 1.54. The van der Waals surface area contributed by atoms with Crippen LogP contribution in [0.5, 0.6) is 0 Å². The number of hydrogen-bond donors (Lipinski definition) is 1. The third-order valence-corrected chi connectivity index (χ3v) is 5.89. The Kier molecular flexibility index (Phi) is 6.23. The normalized spacial score (nSPS) is 15.0. The molecule has 1 saturated heterocycles. The van der Waals surface area contributed by atoms with E-state index in [4.69, 9.17) is 0 Å². The van der Waals surface area contributed by atoms with Gasteiger partial charge >= 0.3 is 0 Å². The van der Waals surface area contributed by atoms with Gasteiger partial charge in [0.25, 0.3) is 0 Å². The summed E-state index contributed by atoms with van der Waals surface area (Å²) in [7, 11) is 3.82. The number of amides is 2. The van der Waals surface area contributed by atoms with Crippen molar-refractivity contribution in [3.63, 3.8) is 0 Å². The van der Waals surface area contributed by atoms with Crippen molar-refractivity contribution in [2.24, 2.45) is 0 Å². The highest BCUT2D eigenvalue weighted by molar-refractivity contribution is 7.13. The monoisotopic (exact) mass is 387 g/mol. The molecule has 0 saturated carbocycles. The number of hydrogen-bond acceptors (Lipinski definition) is 4. The number of aromatic nitrogens is 1. The molecule has 6 nitrogen and oxygen atoms in total. The van der Waals surface area contributed by atoms with Crippen molar-refractivity contribution in [2.75, 3.05) is 46.8 Å². The Morgan fingerprint density at radius 1 is 1.22 bits per heavy atom. The van der Waals surface area contributed by atoms with Crippen molar-refractivity contribution in [3.05, 3.63) is 40.9 Å². The maximum atomic E-state index is 12.5. The van der Waals surface area contributed by atoms with Gasteiger partial charge in [0.05, 0.1) is 51.9 Å². The van der Waals surface area contributed by atoms with E-state index in [1.807, 2.05) is 22.4 Å². The second-order valence-corrected chi connectivity index (χ2v) is 8.13. The van der Waals surface area contributed by atoms with Crippen LogP contribution >= 0.6 is 11.3 Å². The van der Waals surface area contributed by atoms with Crippen LogP contribution in [0.2, 0.25) is 0 Å². The van der Waals surface area contributed by atoms with E-state index in [-0.39, 0.29) is 24.8 Å². The van der Waals surface area contributed by atoms with Crippen LogP contribution in [0.25, 0.3) is 10.6 Å². The van der Waals surface area contributed by atoms with Crippen LogP contribution in [-0.2, 0) is 16.0 Å². The molecular formula is C20H27N4O2S+. The maximum Gasteiger partial charge on any atom is 0.242 e. The first kappa shape index (κ1) is 19.5. The van der Waals surface area contributed by atoms with E-state index in [1.54, 1.807) is 7.05 Å². The predicted octanol–water partition coefficient (Wildman–Crippen LogP) is 0.476. The van der Waals surface area contributed by atoms with E-state index in [1.165, 1.54) is 26.7 Å². The number of carbonyl (C=O) groups excluding carboxylic acids is 2. The van der Waals surface area contributed by atoms with Gasteiger partial charge < -0.3 is 14.7 Å². The quantitative estimate of drug-likeness (QED) is 0.812. The first-order valence-electron chi connectivity index (χ1n) is 9.27. The molecule has 27 heavy (non-hydrogen) atoms. The smallest absolute Gasteiger partial charge is 0.242 e. The molecule has 1 aromatic heterocycles. The first-order valence-corrected chi connectivity index (χ1v) is 10.1. The summed E-state index contributed by atoms with van der Waals surface area (Å²) in [5.74, 6) is -0.0548. The molecule has 2 amide bonds. The van der Waals surface area contributed by atoms with Crippen LogP contribution in [0.15, 0.2) is 29.6 Å². The fourth-order valence-electron chi connectivity index (χ4n) is 3.04. The fourth-order valence-corrected chi connectivity index (χ4v) is 3.86. The lowest BCUT2D eigenvalue weighted by Crippen LogP contribution is -3.12. The Hall–Kier alpha value is -2.25. The van der Waals surface area contributed by atoms with Gasteiger partial charge in [0.1, 0.15) is 5.01 Å². The molecule has 2 heterocycles. The molecule has 0 aliphatic carbocycles. The zero-order valence-electron chi connectivity index (χ0n) is 16.2. The number of nitrogens with one attached hydrogen (secondary N) is 1. The Morgan fingerprint density at radius 2 is 1.89 bits per heavy atom. The fraction of sp³-hybridized carbons (Fsp3) is 0.450. The van der Waals surface area contributed by atoms with E-state index in [2.05, 4.69) is 31.1 Å². The van der Waals surface area contributed by atoms with E-state index in [0.29, 0.717) is 0 Å². The Balaban J connectivity index is 1.54. The van der Waals surface area contributed by atoms with E-state index < -0.39 is 0 Å². The second kappa shape index (κ2) is 8.63. The zero-order chi connectivity index (χ0) is 19.4. The number of thiazole rings is 1. The molecule has 144 valence electrons. The van der Waals surface area contributed by atoms with Crippen LogP contribution in [0.1, 0.15) is 11.3 Å². The van der Waals surface area contributed by atoms with Gasteiger partial charge in [0, 0.05) is 18.0 Å². The molecule has 0 bridgehead atoms. The van der Waals surface area contributed by atoms with Crippen molar-refractivity contribution < 1.29 is 14.5 Å². The van der Waals surface area contributed by atoms with Crippen LogP contribution in [0.3, 0.4) is 0 Å². The SMILES string of the molecule is Cc1ccc(-c2nc(CC(=O)N(C)CC(=O)N3CC[NH+](C)CC3)cs2)cc1. The average Bonchev–Trinajstić information content (AvgIpc) is 3.11. The van der Waals surface area contributed by atoms with Crippen LogP contribution in [-0.4, -0.2) is 73.4 Å². The molecule has 0 spiro atoms. The molecule has 1 fully saturated rings. The van der Waals surface area contributed by atoms with Crippen molar-refractivity contribution in [2.45, 2.75) is 13.3 Å². The van der Waals surface area contributed by atoms with Gasteiger partial charge in [0.2, 0.25) is 11.8 Å². The molecule has 1 aliphatic rings. The van der Waals surface area contributed by atoms with E-state index in [0.717, 1.165) is 42.4 Å². The van der Waals surface area contributed by atoms with Crippen molar-refractivity contribution in [1.29, 1.82) is 0 Å². The minimum atomic E-state index is -0.0798. The zero-order valence-corrected chi connectivity index (χ0v) is 17.0. The molecule has 3 rings (SSSR count). The summed E-state index contributed by atoms with van der Waals surface area (Å²) in [6.07, 6.45) is 0.221. The van der Waals surface area contributed by atoms with Gasteiger partial charge in [-0.25, -0.2) is 4.98 Å². The molecule has 2 aromatic rings. The van der Waals surface area contributed by atoms with Crippen molar-refractivity contribution in [1.82, 2.24) is 14.8 Å². The predicted molar refractivity (Wildman–Crippen MR) is 107 cm³/mol. The van der Waals surface area contributed by atoms with E-state index >= 15 is 0 Å². The molecule has 1 aliphatic heterocycles. The first-order chi connectivity index (χ1) is 12.9. The Morgan fingerprint density at radius 3 is 2.56 bits per heavy atom. The standard InChI is InChI=1S/C20H26N4O2S/c1-15-4-6-16(7-5-15)20-21-17(14-27-20)12-18(25)23(3)13-19(26)24-10-8-22(2)9-11-24/h4-7,14H,8-13H2,1-3H3/p+1. The summed E-state index contributed by atoms with van der Waals surface area (Å²) in [5.41, 5.74) is 3.02. The van der Waals surface area contributed by atoms with Crippen LogP contribution in [0, 0.1) is 6.92 Å².